The van der Waals surface area contributed by atoms with Crippen molar-refractivity contribution in [2.24, 2.45) is 0 Å². The number of hydrogen-bond donors (Lipinski definition) is 2. The number of nitrogens with zero attached hydrogens (tertiary/aromatic N) is 2. The van der Waals surface area contributed by atoms with Crippen LogP contribution in [0.2, 0.25) is 0 Å². The number of hydrogen-bond acceptors (Lipinski definition) is 5. The minimum Gasteiger partial charge on any atom is -0.465 e. The van der Waals surface area contributed by atoms with E-state index < -0.39 is 11.5 Å². The van der Waals surface area contributed by atoms with Gasteiger partial charge in [0.05, 0.1) is 12.7 Å². The molecule has 8 heteroatoms. The predicted octanol–water partition coefficient (Wildman–Crippen LogP) is 0.912. The first kappa shape index (κ1) is 16.2. The Hall–Kier alpha value is -2.64. The van der Waals surface area contributed by atoms with Gasteiger partial charge in [0.1, 0.15) is 17.8 Å². The third-order valence-corrected chi connectivity index (χ3v) is 4.32. The second-order valence-corrected chi connectivity index (χ2v) is 6.05. The van der Waals surface area contributed by atoms with Gasteiger partial charge in [-0.25, -0.2) is 9.89 Å². The Balaban J connectivity index is 1.82. The lowest BCUT2D eigenvalue weighted by Crippen LogP contribution is -2.38. The molecule has 0 unspecified atom stereocenters. The number of nitrogens with one attached hydrogen (secondary N) is 2. The number of aromatic nitrogens is 3. The molecule has 0 bridgehead atoms. The molecule has 0 radical (unpaired) electrons. The van der Waals surface area contributed by atoms with Gasteiger partial charge in [-0.1, -0.05) is 19.3 Å². The number of amides is 1. The fraction of sp³-hybridized carbons (Fsp3) is 0.500. The number of rotatable bonds is 4. The molecule has 24 heavy (non-hydrogen) atoms. The lowest BCUT2D eigenvalue weighted by molar-refractivity contribution is -0.122. The van der Waals surface area contributed by atoms with Crippen molar-refractivity contribution in [2.75, 3.05) is 7.11 Å². The first-order valence-corrected chi connectivity index (χ1v) is 8.04. The molecule has 0 aromatic heterocycles. The third-order valence-electron chi connectivity index (χ3n) is 4.32. The normalized spacial score (nSPS) is 15.4. The number of ether oxygens (including phenoxy) is 1. The molecule has 2 N–H and O–H groups in total. The summed E-state index contributed by atoms with van der Waals surface area (Å²) >= 11 is 0. The highest BCUT2D eigenvalue weighted by Gasteiger charge is 2.23. The molecule has 0 atom stereocenters. The second-order valence-electron chi connectivity index (χ2n) is 6.05. The highest BCUT2D eigenvalue weighted by molar-refractivity contribution is 5.96. The fourth-order valence-corrected chi connectivity index (χ4v) is 3.13. The van der Waals surface area contributed by atoms with Crippen LogP contribution in [0.5, 0.6) is 0 Å². The van der Waals surface area contributed by atoms with Crippen molar-refractivity contribution >= 4 is 11.9 Å². The van der Waals surface area contributed by atoms with Crippen LogP contribution in [0, 0.1) is 0 Å². The highest BCUT2D eigenvalue weighted by Crippen LogP contribution is 2.21. The summed E-state index contributed by atoms with van der Waals surface area (Å²) in [6.45, 7) is 0.0288. The molecular weight excluding hydrogens is 312 g/mol. The van der Waals surface area contributed by atoms with E-state index in [9.17, 15) is 14.4 Å². The van der Waals surface area contributed by atoms with Gasteiger partial charge in [0.25, 0.3) is 5.56 Å². The van der Waals surface area contributed by atoms with Crippen molar-refractivity contribution in [3.8, 4) is 11.3 Å². The number of fused-ring (bicyclic) bond motifs is 1. The van der Waals surface area contributed by atoms with Gasteiger partial charge in [-0.2, -0.15) is 5.10 Å². The number of carbonyl (C=O) groups is 2. The van der Waals surface area contributed by atoms with Gasteiger partial charge in [0, 0.05) is 18.4 Å². The van der Waals surface area contributed by atoms with E-state index in [1.165, 1.54) is 30.5 Å². The molecule has 0 aromatic carbocycles. The Morgan fingerprint density at radius 3 is 2.79 bits per heavy atom. The predicted molar refractivity (Wildman–Crippen MR) is 85.8 cm³/mol. The minimum absolute atomic E-state index is 0.0288. The second kappa shape index (κ2) is 6.86. The molecule has 2 heterocycles. The first-order valence-electron chi connectivity index (χ1n) is 8.04. The topological polar surface area (TPSA) is 106 Å². The third kappa shape index (κ3) is 3.32. The lowest BCUT2D eigenvalue weighted by Gasteiger charge is -2.23. The maximum absolute atomic E-state index is 12.2. The standard InChI is InChI=1S/C16H20N4O4/c1-24-16(23)12-8-20(7-11-14(12)18-19-15(11)22)9-13(21)17-10-5-3-2-4-6-10/h7-8,10H,2-6,9H2,1H3,(H,17,21)(H,19,22). The van der Waals surface area contributed by atoms with E-state index in [1.807, 2.05) is 0 Å². The van der Waals surface area contributed by atoms with Crippen molar-refractivity contribution in [3.63, 3.8) is 0 Å². The monoisotopic (exact) mass is 332 g/mol. The van der Waals surface area contributed by atoms with Crippen LogP contribution in [0.15, 0.2) is 17.2 Å². The summed E-state index contributed by atoms with van der Waals surface area (Å²) in [5.41, 5.74) is 0.246. The smallest absolute Gasteiger partial charge is 0.341 e. The van der Waals surface area contributed by atoms with Crippen LogP contribution < -0.4 is 10.9 Å². The van der Waals surface area contributed by atoms with E-state index in [-0.39, 0.29) is 35.3 Å². The van der Waals surface area contributed by atoms with E-state index in [4.69, 9.17) is 4.74 Å². The van der Waals surface area contributed by atoms with E-state index in [0.717, 1.165) is 25.7 Å². The first-order chi connectivity index (χ1) is 11.6. The average molecular weight is 332 g/mol. The van der Waals surface area contributed by atoms with Gasteiger partial charge >= 0.3 is 5.97 Å². The van der Waals surface area contributed by atoms with Gasteiger partial charge in [0.2, 0.25) is 5.91 Å². The Bertz CT molecular complexity index is 773. The van der Waals surface area contributed by atoms with Crippen molar-refractivity contribution in [2.45, 2.75) is 44.7 Å². The summed E-state index contributed by atoms with van der Waals surface area (Å²) in [5.74, 6) is -0.744. The van der Waals surface area contributed by atoms with Crippen LogP contribution in [0.4, 0.5) is 0 Å². The molecule has 0 spiro atoms. The summed E-state index contributed by atoms with van der Waals surface area (Å²) in [7, 11) is 1.26. The molecule has 2 aliphatic heterocycles. The van der Waals surface area contributed by atoms with Gasteiger partial charge in [0.15, 0.2) is 0 Å². The number of aromatic amines is 1. The lowest BCUT2D eigenvalue weighted by atomic mass is 9.95. The minimum atomic E-state index is -0.603. The SMILES string of the molecule is COC(=O)c1cn(CC(=O)NC2CCCCC2)cc2c(=O)[nH]nc1-2. The van der Waals surface area contributed by atoms with E-state index in [2.05, 4.69) is 15.5 Å². The molecule has 8 nitrogen and oxygen atoms in total. The Morgan fingerprint density at radius 1 is 1.33 bits per heavy atom. The molecule has 1 aliphatic carbocycles. The molecule has 1 fully saturated rings. The van der Waals surface area contributed by atoms with Gasteiger partial charge in [-0.3, -0.25) is 9.59 Å². The molecule has 0 aromatic rings. The van der Waals surface area contributed by atoms with E-state index in [1.54, 1.807) is 0 Å². The van der Waals surface area contributed by atoms with Crippen molar-refractivity contribution in [3.05, 3.63) is 28.3 Å². The number of carbonyl (C=O) groups excluding carboxylic acids is 2. The summed E-state index contributed by atoms with van der Waals surface area (Å²) in [4.78, 5) is 36.0. The molecule has 0 saturated heterocycles. The van der Waals surface area contributed by atoms with Crippen LogP contribution in [0.25, 0.3) is 11.3 Å². The largest absolute Gasteiger partial charge is 0.465 e. The van der Waals surface area contributed by atoms with E-state index >= 15 is 0 Å². The van der Waals surface area contributed by atoms with Gasteiger partial charge in [-0.05, 0) is 12.8 Å². The van der Waals surface area contributed by atoms with E-state index in [0.29, 0.717) is 0 Å². The Kier molecular flexibility index (Phi) is 4.64. The fourth-order valence-electron chi connectivity index (χ4n) is 3.13. The number of esters is 1. The van der Waals surface area contributed by atoms with Gasteiger partial charge in [-0.15, -0.1) is 0 Å². The Labute approximate surface area is 138 Å². The molecule has 3 aliphatic rings. The van der Waals surface area contributed by atoms with Crippen LogP contribution >= 0.6 is 0 Å². The summed E-state index contributed by atoms with van der Waals surface area (Å²) < 4.78 is 6.24. The van der Waals surface area contributed by atoms with Crippen molar-refractivity contribution in [1.29, 1.82) is 0 Å². The zero-order chi connectivity index (χ0) is 17.1. The molecule has 1 amide bonds. The molecule has 128 valence electrons. The number of H-pyrrole nitrogens is 1. The van der Waals surface area contributed by atoms with Crippen LogP contribution in [-0.4, -0.2) is 39.8 Å². The number of methoxy groups -OCH3 is 1. The zero-order valence-corrected chi connectivity index (χ0v) is 13.5. The zero-order valence-electron chi connectivity index (χ0n) is 13.5. The Morgan fingerprint density at radius 2 is 2.08 bits per heavy atom. The summed E-state index contributed by atoms with van der Waals surface area (Å²) in [6.07, 6.45) is 8.47. The van der Waals surface area contributed by atoms with Gasteiger partial charge < -0.3 is 14.6 Å². The molecular formula is C16H20N4O4. The summed E-state index contributed by atoms with van der Waals surface area (Å²) in [6, 6.07) is 0.208. The maximum atomic E-state index is 12.2. The van der Waals surface area contributed by atoms with Crippen LogP contribution in [0.1, 0.15) is 42.5 Å². The summed E-state index contributed by atoms with van der Waals surface area (Å²) in [5, 5.41) is 9.17. The van der Waals surface area contributed by atoms with Crippen molar-refractivity contribution in [1.82, 2.24) is 20.1 Å². The van der Waals surface area contributed by atoms with Crippen LogP contribution in [-0.2, 0) is 16.1 Å². The highest BCUT2D eigenvalue weighted by atomic mass is 16.5. The maximum Gasteiger partial charge on any atom is 0.341 e. The van der Waals surface area contributed by atoms with Crippen molar-refractivity contribution < 1.29 is 14.3 Å². The number of pyridine rings is 1. The van der Waals surface area contributed by atoms with Crippen LogP contribution in [0.3, 0.4) is 0 Å². The molecule has 1 saturated carbocycles. The quantitative estimate of drug-likeness (QED) is 0.810. The molecule has 3 rings (SSSR count). The average Bonchev–Trinajstić information content (AvgIpc) is 2.95.